The lowest BCUT2D eigenvalue weighted by Crippen LogP contribution is -2.52. The van der Waals surface area contributed by atoms with Gasteiger partial charge in [-0.05, 0) is 24.0 Å². The van der Waals surface area contributed by atoms with E-state index in [1.54, 1.807) is 4.90 Å². The molecule has 1 N–H and O–H groups in total. The molecule has 1 atom stereocenters. The smallest absolute Gasteiger partial charge is 0.408 e. The maximum absolute atomic E-state index is 12.5. The Morgan fingerprint density at radius 1 is 1.10 bits per heavy atom. The van der Waals surface area contributed by atoms with E-state index in [1.807, 2.05) is 24.3 Å². The molecule has 2 aliphatic heterocycles. The van der Waals surface area contributed by atoms with E-state index in [-0.39, 0.29) is 5.91 Å². The largest absolute Gasteiger partial charge is 0.465 e. The van der Waals surface area contributed by atoms with Crippen molar-refractivity contribution in [1.29, 1.82) is 0 Å². The molecule has 2 heterocycles. The molecule has 0 bridgehead atoms. The fraction of sp³-hybridized carbons (Fsp3) is 0.467. The Kier molecular flexibility index (Phi) is 3.34. The van der Waals surface area contributed by atoms with Gasteiger partial charge in [-0.1, -0.05) is 24.3 Å². The maximum atomic E-state index is 12.5. The number of hydrogen-bond acceptors (Lipinski definition) is 2. The van der Waals surface area contributed by atoms with Gasteiger partial charge in [-0.25, -0.2) is 4.79 Å². The van der Waals surface area contributed by atoms with Crippen molar-refractivity contribution in [3.63, 3.8) is 0 Å². The van der Waals surface area contributed by atoms with Gasteiger partial charge in [-0.15, -0.1) is 0 Å². The molecule has 0 saturated carbocycles. The Morgan fingerprint density at radius 3 is 2.40 bits per heavy atom. The lowest BCUT2D eigenvalue weighted by atomic mass is 9.93. The maximum Gasteiger partial charge on any atom is 0.408 e. The summed E-state index contributed by atoms with van der Waals surface area (Å²) in [6.07, 6.45) is 1.50. The van der Waals surface area contributed by atoms with E-state index in [9.17, 15) is 14.7 Å². The number of amides is 2. The average molecular weight is 274 g/mol. The van der Waals surface area contributed by atoms with Crippen LogP contribution in [0.3, 0.4) is 0 Å². The first-order valence-corrected chi connectivity index (χ1v) is 7.02. The summed E-state index contributed by atoms with van der Waals surface area (Å²) in [6, 6.07) is 7.19. The summed E-state index contributed by atoms with van der Waals surface area (Å²) in [5.41, 5.74) is 2.09. The molecule has 0 radical (unpaired) electrons. The van der Waals surface area contributed by atoms with Crippen molar-refractivity contribution in [3.05, 3.63) is 35.4 Å². The molecule has 2 amide bonds. The zero-order chi connectivity index (χ0) is 14.1. The quantitative estimate of drug-likeness (QED) is 0.848. The van der Waals surface area contributed by atoms with Crippen LogP contribution >= 0.6 is 0 Å². The second-order valence-electron chi connectivity index (χ2n) is 5.43. The highest BCUT2D eigenvalue weighted by Crippen LogP contribution is 2.25. The van der Waals surface area contributed by atoms with Crippen molar-refractivity contribution in [2.45, 2.75) is 31.8 Å². The van der Waals surface area contributed by atoms with Crippen LogP contribution in [0.2, 0.25) is 0 Å². The second kappa shape index (κ2) is 5.15. The Hall–Kier alpha value is -2.04. The van der Waals surface area contributed by atoms with Crippen LogP contribution < -0.4 is 0 Å². The van der Waals surface area contributed by atoms with E-state index >= 15 is 0 Å². The van der Waals surface area contributed by atoms with Crippen LogP contribution in [0.1, 0.15) is 24.0 Å². The van der Waals surface area contributed by atoms with Gasteiger partial charge in [0.05, 0.1) is 6.54 Å². The normalized spacial score (nSPS) is 21.7. The van der Waals surface area contributed by atoms with Crippen molar-refractivity contribution in [2.75, 3.05) is 13.1 Å². The van der Waals surface area contributed by atoms with Gasteiger partial charge in [0.1, 0.15) is 6.04 Å². The van der Waals surface area contributed by atoms with Crippen LogP contribution in [-0.2, 0) is 17.8 Å². The minimum atomic E-state index is -1.02. The van der Waals surface area contributed by atoms with Gasteiger partial charge in [-0.3, -0.25) is 9.69 Å². The number of benzene rings is 1. The first-order chi connectivity index (χ1) is 9.66. The summed E-state index contributed by atoms with van der Waals surface area (Å²) in [7, 11) is 0. The van der Waals surface area contributed by atoms with Crippen molar-refractivity contribution >= 4 is 12.0 Å². The molecule has 1 aromatic carbocycles. The van der Waals surface area contributed by atoms with Crippen LogP contribution in [0.25, 0.3) is 0 Å². The summed E-state index contributed by atoms with van der Waals surface area (Å²) in [5, 5.41) is 9.38. The van der Waals surface area contributed by atoms with Crippen molar-refractivity contribution < 1.29 is 14.7 Å². The van der Waals surface area contributed by atoms with Gasteiger partial charge in [0, 0.05) is 19.5 Å². The molecule has 0 spiro atoms. The average Bonchev–Trinajstić information content (AvgIpc) is 2.99. The SMILES string of the molecule is O=C([C@@H]1Cc2ccccc2CN1C(=O)O)N1CCCC1. The van der Waals surface area contributed by atoms with Gasteiger partial charge in [0.2, 0.25) is 5.91 Å². The number of carboxylic acid groups (broad SMARTS) is 1. The molecule has 1 aromatic rings. The molecule has 0 aliphatic carbocycles. The number of hydrogen-bond donors (Lipinski definition) is 1. The van der Waals surface area contributed by atoms with Gasteiger partial charge in [0.15, 0.2) is 0 Å². The Morgan fingerprint density at radius 2 is 1.75 bits per heavy atom. The van der Waals surface area contributed by atoms with E-state index in [2.05, 4.69) is 0 Å². The molecular formula is C15H18N2O3. The number of carbonyl (C=O) groups is 2. The molecule has 106 valence electrons. The second-order valence-corrected chi connectivity index (χ2v) is 5.43. The van der Waals surface area contributed by atoms with E-state index in [4.69, 9.17) is 0 Å². The van der Waals surface area contributed by atoms with Crippen LogP contribution in [0.5, 0.6) is 0 Å². The molecule has 5 heteroatoms. The van der Waals surface area contributed by atoms with E-state index in [1.165, 1.54) is 4.90 Å². The van der Waals surface area contributed by atoms with Crippen molar-refractivity contribution in [1.82, 2.24) is 9.80 Å². The molecule has 1 fully saturated rings. The van der Waals surface area contributed by atoms with E-state index in [0.717, 1.165) is 37.1 Å². The summed E-state index contributed by atoms with van der Waals surface area (Å²) < 4.78 is 0. The number of nitrogens with zero attached hydrogens (tertiary/aromatic N) is 2. The fourth-order valence-electron chi connectivity index (χ4n) is 3.09. The minimum absolute atomic E-state index is 0.0422. The third-order valence-electron chi connectivity index (χ3n) is 4.20. The topological polar surface area (TPSA) is 60.9 Å². The van der Waals surface area contributed by atoms with E-state index < -0.39 is 12.1 Å². The monoisotopic (exact) mass is 274 g/mol. The highest BCUT2D eigenvalue weighted by Gasteiger charge is 2.37. The predicted octanol–water partition coefficient (Wildman–Crippen LogP) is 1.71. The lowest BCUT2D eigenvalue weighted by Gasteiger charge is -2.36. The van der Waals surface area contributed by atoms with Crippen molar-refractivity contribution in [2.24, 2.45) is 0 Å². The highest BCUT2D eigenvalue weighted by atomic mass is 16.4. The molecule has 0 aromatic heterocycles. The number of carbonyl (C=O) groups excluding carboxylic acids is 1. The van der Waals surface area contributed by atoms with Crippen LogP contribution in [0.4, 0.5) is 4.79 Å². The number of fused-ring (bicyclic) bond motifs is 1. The number of rotatable bonds is 1. The predicted molar refractivity (Wildman–Crippen MR) is 73.3 cm³/mol. The summed E-state index contributed by atoms with van der Waals surface area (Å²) in [5.74, 6) is -0.0422. The molecule has 0 unspecified atom stereocenters. The van der Waals surface area contributed by atoms with Gasteiger partial charge < -0.3 is 10.0 Å². The fourth-order valence-corrected chi connectivity index (χ4v) is 3.09. The van der Waals surface area contributed by atoms with Gasteiger partial charge in [-0.2, -0.15) is 0 Å². The lowest BCUT2D eigenvalue weighted by molar-refractivity contribution is -0.135. The zero-order valence-corrected chi connectivity index (χ0v) is 11.3. The number of likely N-dealkylation sites (tertiary alicyclic amines) is 1. The molecule has 1 saturated heterocycles. The Bertz CT molecular complexity index is 538. The standard InChI is InChI=1S/C15H18N2O3/c18-14(16-7-3-4-8-16)13-9-11-5-1-2-6-12(11)10-17(13)15(19)20/h1-2,5-6,13H,3-4,7-10H2,(H,19,20)/t13-/m0/s1. The van der Waals surface area contributed by atoms with Crippen LogP contribution in [0.15, 0.2) is 24.3 Å². The zero-order valence-electron chi connectivity index (χ0n) is 11.3. The van der Waals surface area contributed by atoms with Crippen LogP contribution in [-0.4, -0.2) is 46.0 Å². The molecule has 5 nitrogen and oxygen atoms in total. The van der Waals surface area contributed by atoms with E-state index in [0.29, 0.717) is 13.0 Å². The third kappa shape index (κ3) is 2.24. The Balaban J connectivity index is 1.88. The van der Waals surface area contributed by atoms with Crippen molar-refractivity contribution in [3.8, 4) is 0 Å². The summed E-state index contributed by atoms with van der Waals surface area (Å²) in [4.78, 5) is 27.1. The van der Waals surface area contributed by atoms with Gasteiger partial charge >= 0.3 is 6.09 Å². The van der Waals surface area contributed by atoms with Crippen LogP contribution in [0, 0.1) is 0 Å². The summed E-state index contributed by atoms with van der Waals surface area (Å²) >= 11 is 0. The van der Waals surface area contributed by atoms with Gasteiger partial charge in [0.25, 0.3) is 0 Å². The first-order valence-electron chi connectivity index (χ1n) is 7.02. The molecule has 20 heavy (non-hydrogen) atoms. The molecular weight excluding hydrogens is 256 g/mol. The Labute approximate surface area is 117 Å². The summed E-state index contributed by atoms with van der Waals surface area (Å²) in [6.45, 7) is 1.81. The molecule has 2 aliphatic rings. The first kappa shape index (κ1) is 13.0. The highest BCUT2D eigenvalue weighted by molar-refractivity contribution is 5.86. The molecule has 3 rings (SSSR count). The third-order valence-corrected chi connectivity index (χ3v) is 4.20. The minimum Gasteiger partial charge on any atom is -0.465 e.